The summed E-state index contributed by atoms with van der Waals surface area (Å²) in [5.41, 5.74) is 1.40. The van der Waals surface area contributed by atoms with Gasteiger partial charge in [0.2, 0.25) is 5.09 Å². The average Bonchev–Trinajstić information content (AvgIpc) is 3.23. The highest BCUT2D eigenvalue weighted by atomic mass is 32.2. The van der Waals surface area contributed by atoms with Gasteiger partial charge in [0.1, 0.15) is 12.4 Å². The minimum absolute atomic E-state index is 0.000858. The van der Waals surface area contributed by atoms with Crippen LogP contribution in [-0.2, 0) is 31.4 Å². The van der Waals surface area contributed by atoms with Gasteiger partial charge >= 0.3 is 5.97 Å². The molecule has 0 aliphatic heterocycles. The molecule has 2 aromatic carbocycles. The van der Waals surface area contributed by atoms with E-state index in [0.717, 1.165) is 9.87 Å². The largest absolute Gasteiger partial charge is 0.454 e. The van der Waals surface area contributed by atoms with Gasteiger partial charge in [-0.15, -0.1) is 0 Å². The summed E-state index contributed by atoms with van der Waals surface area (Å²) in [6.45, 7) is 3.13. The standard InChI is InChI=1S/C22H24N2O7S2/c1-15-9-10-16(2)20(13-15)32(26,27)23-19-8-6-5-7-18(19)22(25)30-14-17-11-12-21(31-17)33(28,29)24(3)4/h5-13,23H,14H2,1-4H3. The Morgan fingerprint density at radius 3 is 2.39 bits per heavy atom. The average molecular weight is 493 g/mol. The molecule has 0 atom stereocenters. The number of rotatable bonds is 8. The first-order valence-electron chi connectivity index (χ1n) is 9.79. The van der Waals surface area contributed by atoms with Crippen molar-refractivity contribution in [3.63, 3.8) is 0 Å². The Kier molecular flexibility index (Phi) is 6.96. The molecule has 0 saturated heterocycles. The van der Waals surface area contributed by atoms with Crippen LogP contribution in [0.3, 0.4) is 0 Å². The number of carbonyl (C=O) groups excluding carboxylic acids is 1. The predicted octanol–water partition coefficient (Wildman–Crippen LogP) is 3.30. The van der Waals surface area contributed by atoms with Crippen molar-refractivity contribution in [2.24, 2.45) is 0 Å². The van der Waals surface area contributed by atoms with Crippen LogP contribution in [0.5, 0.6) is 0 Å². The number of esters is 1. The van der Waals surface area contributed by atoms with Crippen LogP contribution in [-0.4, -0.2) is 41.2 Å². The zero-order valence-corrected chi connectivity index (χ0v) is 20.2. The quantitative estimate of drug-likeness (QED) is 0.479. The molecule has 0 aliphatic carbocycles. The van der Waals surface area contributed by atoms with E-state index < -0.39 is 26.0 Å². The topological polar surface area (TPSA) is 123 Å². The number of ether oxygens (including phenoxy) is 1. The third-order valence-electron chi connectivity index (χ3n) is 4.74. The lowest BCUT2D eigenvalue weighted by molar-refractivity contribution is 0.0442. The highest BCUT2D eigenvalue weighted by Gasteiger charge is 2.23. The Hall–Kier alpha value is -3.15. The molecule has 11 heteroatoms. The first kappa shape index (κ1) is 24.5. The number of hydrogen-bond donors (Lipinski definition) is 1. The summed E-state index contributed by atoms with van der Waals surface area (Å²) in [5, 5.41) is -0.278. The number of sulfonamides is 2. The maximum atomic E-state index is 12.9. The van der Waals surface area contributed by atoms with Gasteiger partial charge in [0, 0.05) is 14.1 Å². The van der Waals surface area contributed by atoms with Crippen molar-refractivity contribution in [1.82, 2.24) is 4.31 Å². The molecule has 33 heavy (non-hydrogen) atoms. The van der Waals surface area contributed by atoms with Crippen molar-refractivity contribution >= 4 is 31.7 Å². The molecule has 0 saturated carbocycles. The van der Waals surface area contributed by atoms with E-state index >= 15 is 0 Å². The summed E-state index contributed by atoms with van der Waals surface area (Å²) < 4.78 is 64.0. The van der Waals surface area contributed by atoms with Crippen LogP contribution >= 0.6 is 0 Å². The number of hydrogen-bond acceptors (Lipinski definition) is 7. The van der Waals surface area contributed by atoms with Gasteiger partial charge in [0.15, 0.2) is 0 Å². The fourth-order valence-corrected chi connectivity index (χ4v) is 5.14. The number of furan rings is 1. The highest BCUT2D eigenvalue weighted by molar-refractivity contribution is 7.92. The molecule has 1 aromatic heterocycles. The third kappa shape index (κ3) is 5.44. The summed E-state index contributed by atoms with van der Waals surface area (Å²) in [7, 11) is -4.98. The smallest absolute Gasteiger partial charge is 0.340 e. The molecular formula is C22H24N2O7S2. The van der Waals surface area contributed by atoms with Gasteiger partial charge < -0.3 is 9.15 Å². The zero-order chi connectivity index (χ0) is 24.4. The van der Waals surface area contributed by atoms with E-state index in [0.29, 0.717) is 5.56 Å². The zero-order valence-electron chi connectivity index (χ0n) is 18.5. The molecule has 0 amide bonds. The maximum Gasteiger partial charge on any atom is 0.340 e. The van der Waals surface area contributed by atoms with Crippen molar-refractivity contribution in [2.75, 3.05) is 18.8 Å². The van der Waals surface area contributed by atoms with Gasteiger partial charge in [-0.1, -0.05) is 24.3 Å². The summed E-state index contributed by atoms with van der Waals surface area (Å²) in [6.07, 6.45) is 0. The minimum atomic E-state index is -3.96. The second-order valence-corrected chi connectivity index (χ2v) is 11.2. The van der Waals surface area contributed by atoms with E-state index in [2.05, 4.69) is 4.72 Å². The van der Waals surface area contributed by atoms with Gasteiger partial charge in [0.25, 0.3) is 20.0 Å². The lowest BCUT2D eigenvalue weighted by Gasteiger charge is -2.14. The van der Waals surface area contributed by atoms with Crippen LogP contribution in [0.4, 0.5) is 5.69 Å². The van der Waals surface area contributed by atoms with E-state index in [1.54, 1.807) is 38.1 Å². The van der Waals surface area contributed by atoms with Crippen LogP contribution in [0.2, 0.25) is 0 Å². The summed E-state index contributed by atoms with van der Waals surface area (Å²) in [5.74, 6) is -0.681. The fraction of sp³-hybridized carbons (Fsp3) is 0.227. The maximum absolute atomic E-state index is 12.9. The molecule has 1 N–H and O–H groups in total. The molecular weight excluding hydrogens is 468 g/mol. The Morgan fingerprint density at radius 2 is 1.70 bits per heavy atom. The number of carbonyl (C=O) groups is 1. The number of anilines is 1. The number of para-hydroxylation sites is 1. The SMILES string of the molecule is Cc1ccc(C)c(S(=O)(=O)Nc2ccccc2C(=O)OCc2ccc(S(=O)(=O)N(C)C)o2)c1. The molecule has 0 fully saturated rings. The number of aryl methyl sites for hydroxylation is 2. The molecule has 176 valence electrons. The Morgan fingerprint density at radius 1 is 1.00 bits per heavy atom. The van der Waals surface area contributed by atoms with Crippen LogP contribution < -0.4 is 4.72 Å². The van der Waals surface area contributed by atoms with E-state index in [1.165, 1.54) is 38.4 Å². The molecule has 0 spiro atoms. The normalized spacial score (nSPS) is 12.0. The molecule has 0 radical (unpaired) electrons. The number of benzene rings is 2. The molecule has 3 aromatic rings. The monoisotopic (exact) mass is 492 g/mol. The van der Waals surface area contributed by atoms with E-state index in [-0.39, 0.29) is 33.6 Å². The highest BCUT2D eigenvalue weighted by Crippen LogP contribution is 2.24. The van der Waals surface area contributed by atoms with Crippen molar-refractivity contribution in [2.45, 2.75) is 30.4 Å². The molecule has 1 heterocycles. The molecule has 0 aliphatic rings. The molecule has 9 nitrogen and oxygen atoms in total. The summed E-state index contributed by atoms with van der Waals surface area (Å²) in [6, 6.07) is 13.8. The Labute approximate surface area is 193 Å². The van der Waals surface area contributed by atoms with Crippen LogP contribution in [0.15, 0.2) is 69.0 Å². The predicted molar refractivity (Wildman–Crippen MR) is 122 cm³/mol. The van der Waals surface area contributed by atoms with Crippen LogP contribution in [0, 0.1) is 13.8 Å². The van der Waals surface area contributed by atoms with Gasteiger partial charge in [-0.25, -0.2) is 25.9 Å². The molecule has 0 bridgehead atoms. The van der Waals surface area contributed by atoms with Crippen molar-refractivity contribution in [1.29, 1.82) is 0 Å². The van der Waals surface area contributed by atoms with Gasteiger partial charge in [-0.2, -0.15) is 0 Å². The second-order valence-electron chi connectivity index (χ2n) is 7.50. The van der Waals surface area contributed by atoms with Gasteiger partial charge in [-0.05, 0) is 55.3 Å². The number of nitrogens with zero attached hydrogens (tertiary/aromatic N) is 1. The van der Waals surface area contributed by atoms with Crippen molar-refractivity contribution < 1.29 is 30.8 Å². The van der Waals surface area contributed by atoms with Gasteiger partial charge in [0.05, 0.1) is 16.1 Å². The first-order chi connectivity index (χ1) is 15.4. The lowest BCUT2D eigenvalue weighted by Crippen LogP contribution is -2.21. The van der Waals surface area contributed by atoms with Crippen LogP contribution in [0.1, 0.15) is 27.2 Å². The van der Waals surface area contributed by atoms with Gasteiger partial charge in [-0.3, -0.25) is 4.72 Å². The summed E-state index contributed by atoms with van der Waals surface area (Å²) in [4.78, 5) is 12.8. The Balaban J connectivity index is 1.79. The lowest BCUT2D eigenvalue weighted by atomic mass is 10.2. The van der Waals surface area contributed by atoms with E-state index in [1.807, 2.05) is 6.07 Å². The fourth-order valence-electron chi connectivity index (χ4n) is 2.92. The van der Waals surface area contributed by atoms with Crippen LogP contribution in [0.25, 0.3) is 0 Å². The molecule has 0 unspecified atom stereocenters. The third-order valence-corrected chi connectivity index (χ3v) is 7.94. The van der Waals surface area contributed by atoms with E-state index in [9.17, 15) is 21.6 Å². The first-order valence-corrected chi connectivity index (χ1v) is 12.7. The number of nitrogens with one attached hydrogen (secondary N) is 1. The van der Waals surface area contributed by atoms with Crippen molar-refractivity contribution in [3.05, 3.63) is 77.0 Å². The van der Waals surface area contributed by atoms with Crippen molar-refractivity contribution in [3.8, 4) is 0 Å². The minimum Gasteiger partial charge on any atom is -0.454 e. The second kappa shape index (κ2) is 9.38. The molecule has 3 rings (SSSR count). The van der Waals surface area contributed by atoms with E-state index in [4.69, 9.17) is 9.15 Å². The summed E-state index contributed by atoms with van der Waals surface area (Å²) >= 11 is 0. The Bertz CT molecular complexity index is 1390.